The number of nitrogens with one attached hydrogen (secondary N) is 1. The number of carbonyl (C=O) groups excluding carboxylic acids is 1. The van der Waals surface area contributed by atoms with Gasteiger partial charge in [-0.05, 0) is 36.0 Å². The fourth-order valence-electron chi connectivity index (χ4n) is 2.85. The van der Waals surface area contributed by atoms with Crippen LogP contribution in [0.15, 0.2) is 18.3 Å². The van der Waals surface area contributed by atoms with Crippen molar-refractivity contribution in [2.45, 2.75) is 51.5 Å². The average Bonchev–Trinajstić information content (AvgIpc) is 2.30. The zero-order chi connectivity index (χ0) is 15.0. The number of carbonyl (C=O) groups is 1. The van der Waals surface area contributed by atoms with Gasteiger partial charge in [0, 0.05) is 25.2 Å². The van der Waals surface area contributed by atoms with Crippen molar-refractivity contribution in [1.29, 1.82) is 0 Å². The molecule has 0 radical (unpaired) electrons. The highest BCUT2D eigenvalue weighted by Gasteiger charge is 2.36. The van der Waals surface area contributed by atoms with Gasteiger partial charge in [0.05, 0.1) is 6.04 Å². The van der Waals surface area contributed by atoms with Gasteiger partial charge in [0.25, 0.3) is 0 Å². The van der Waals surface area contributed by atoms with Crippen LogP contribution in [0.3, 0.4) is 0 Å². The van der Waals surface area contributed by atoms with Crippen LogP contribution < -0.4 is 5.32 Å². The van der Waals surface area contributed by atoms with Crippen molar-refractivity contribution in [3.8, 4) is 0 Å². The number of amides is 1. The number of likely N-dealkylation sites (tertiary alicyclic amines) is 1. The van der Waals surface area contributed by atoms with Crippen molar-refractivity contribution >= 4 is 11.7 Å². The molecule has 1 saturated heterocycles. The van der Waals surface area contributed by atoms with Gasteiger partial charge in [0.2, 0.25) is 5.91 Å². The van der Waals surface area contributed by atoms with Gasteiger partial charge in [-0.1, -0.05) is 27.2 Å². The summed E-state index contributed by atoms with van der Waals surface area (Å²) in [5, 5.41) is 3.45. The summed E-state index contributed by atoms with van der Waals surface area (Å²) in [7, 11) is 0. The Morgan fingerprint density at radius 2 is 2.05 bits per heavy atom. The van der Waals surface area contributed by atoms with E-state index in [4.69, 9.17) is 0 Å². The molecule has 114 valence electrons. The van der Waals surface area contributed by atoms with E-state index in [1.165, 1.54) is 12.0 Å². The molecule has 3 rings (SSSR count). The SMILES string of the molecule is CC(C)(C)c1ccnc(NC2CN(C(=O)C3CCC3)C2)c1. The molecule has 0 atom stereocenters. The van der Waals surface area contributed by atoms with Crippen LogP contribution in [0.5, 0.6) is 0 Å². The first-order chi connectivity index (χ1) is 9.93. The smallest absolute Gasteiger partial charge is 0.225 e. The third-order valence-corrected chi connectivity index (χ3v) is 4.63. The van der Waals surface area contributed by atoms with Crippen molar-refractivity contribution in [1.82, 2.24) is 9.88 Å². The molecule has 1 aliphatic carbocycles. The molecule has 4 nitrogen and oxygen atoms in total. The molecule has 1 aliphatic heterocycles. The molecule has 1 aromatic heterocycles. The predicted molar refractivity (Wildman–Crippen MR) is 84.3 cm³/mol. The minimum absolute atomic E-state index is 0.130. The van der Waals surface area contributed by atoms with Gasteiger partial charge in [-0.15, -0.1) is 0 Å². The normalized spacial score (nSPS) is 19.9. The average molecular weight is 287 g/mol. The topological polar surface area (TPSA) is 45.2 Å². The lowest BCUT2D eigenvalue weighted by atomic mass is 9.83. The maximum Gasteiger partial charge on any atom is 0.225 e. The molecule has 0 aromatic carbocycles. The number of anilines is 1. The number of aromatic nitrogens is 1. The van der Waals surface area contributed by atoms with E-state index in [1.807, 2.05) is 11.1 Å². The number of hydrogen-bond donors (Lipinski definition) is 1. The quantitative estimate of drug-likeness (QED) is 0.930. The van der Waals surface area contributed by atoms with Crippen molar-refractivity contribution in [3.05, 3.63) is 23.9 Å². The molecule has 2 heterocycles. The Balaban J connectivity index is 1.53. The van der Waals surface area contributed by atoms with Gasteiger partial charge >= 0.3 is 0 Å². The fraction of sp³-hybridized carbons (Fsp3) is 0.647. The Morgan fingerprint density at radius 3 is 2.62 bits per heavy atom. The molecule has 2 fully saturated rings. The van der Waals surface area contributed by atoms with Gasteiger partial charge in [0.15, 0.2) is 0 Å². The first-order valence-corrected chi connectivity index (χ1v) is 7.95. The predicted octanol–water partition coefficient (Wildman–Crippen LogP) is 2.80. The van der Waals surface area contributed by atoms with E-state index in [9.17, 15) is 4.79 Å². The summed E-state index contributed by atoms with van der Waals surface area (Å²) < 4.78 is 0. The van der Waals surface area contributed by atoms with Crippen LogP contribution in [0.2, 0.25) is 0 Å². The van der Waals surface area contributed by atoms with Crippen LogP contribution in [0.25, 0.3) is 0 Å². The van der Waals surface area contributed by atoms with Crippen molar-refractivity contribution < 1.29 is 4.79 Å². The lowest BCUT2D eigenvalue weighted by molar-refractivity contribution is -0.142. The maximum absolute atomic E-state index is 12.1. The van der Waals surface area contributed by atoms with E-state index in [0.717, 1.165) is 31.7 Å². The zero-order valence-corrected chi connectivity index (χ0v) is 13.2. The minimum atomic E-state index is 0.130. The first-order valence-electron chi connectivity index (χ1n) is 7.95. The number of pyridine rings is 1. The Labute approximate surface area is 126 Å². The monoisotopic (exact) mass is 287 g/mol. The molecule has 0 spiro atoms. The summed E-state index contributed by atoms with van der Waals surface area (Å²) in [5.41, 5.74) is 1.41. The summed E-state index contributed by atoms with van der Waals surface area (Å²) in [6.07, 6.45) is 5.25. The van der Waals surface area contributed by atoms with Crippen LogP contribution in [0.1, 0.15) is 45.6 Å². The zero-order valence-electron chi connectivity index (χ0n) is 13.2. The van der Waals surface area contributed by atoms with Gasteiger partial charge in [-0.25, -0.2) is 4.98 Å². The van der Waals surface area contributed by atoms with Crippen LogP contribution in [-0.2, 0) is 10.2 Å². The number of hydrogen-bond acceptors (Lipinski definition) is 3. The van der Waals surface area contributed by atoms with Gasteiger partial charge in [-0.3, -0.25) is 4.79 Å². The van der Waals surface area contributed by atoms with Crippen molar-refractivity contribution in [3.63, 3.8) is 0 Å². The Hall–Kier alpha value is -1.58. The van der Waals surface area contributed by atoms with Crippen LogP contribution in [-0.4, -0.2) is 34.9 Å². The molecule has 0 unspecified atom stereocenters. The molecule has 1 aromatic rings. The van der Waals surface area contributed by atoms with Crippen molar-refractivity contribution in [2.24, 2.45) is 5.92 Å². The Kier molecular flexibility index (Phi) is 3.64. The molecule has 2 aliphatic rings. The fourth-order valence-corrected chi connectivity index (χ4v) is 2.85. The van der Waals surface area contributed by atoms with Gasteiger partial charge < -0.3 is 10.2 Å². The highest BCUT2D eigenvalue weighted by Crippen LogP contribution is 2.30. The molecule has 1 N–H and O–H groups in total. The summed E-state index contributed by atoms with van der Waals surface area (Å²) >= 11 is 0. The summed E-state index contributed by atoms with van der Waals surface area (Å²) in [6.45, 7) is 8.24. The number of nitrogens with zero attached hydrogens (tertiary/aromatic N) is 2. The second kappa shape index (κ2) is 5.32. The minimum Gasteiger partial charge on any atom is -0.364 e. The Morgan fingerprint density at radius 1 is 1.33 bits per heavy atom. The molecule has 1 saturated carbocycles. The molecule has 4 heteroatoms. The second-order valence-electron chi connectivity index (χ2n) is 7.39. The highest BCUT2D eigenvalue weighted by atomic mass is 16.2. The van der Waals surface area contributed by atoms with E-state index < -0.39 is 0 Å². The summed E-state index contributed by atoms with van der Waals surface area (Å²) in [4.78, 5) is 18.4. The highest BCUT2D eigenvalue weighted by molar-refractivity contribution is 5.80. The maximum atomic E-state index is 12.1. The molecule has 1 amide bonds. The first kappa shape index (κ1) is 14.4. The van der Waals surface area contributed by atoms with E-state index in [2.05, 4.69) is 43.2 Å². The molecular weight excluding hydrogens is 262 g/mol. The standard InChI is InChI=1S/C17H25N3O/c1-17(2,3)13-7-8-18-15(9-13)19-14-10-20(11-14)16(21)12-5-4-6-12/h7-9,12,14H,4-6,10-11H2,1-3H3,(H,18,19). The van der Waals surface area contributed by atoms with E-state index >= 15 is 0 Å². The Bertz CT molecular complexity index is 525. The van der Waals surface area contributed by atoms with Gasteiger partial charge in [0.1, 0.15) is 5.82 Å². The lowest BCUT2D eigenvalue weighted by Crippen LogP contribution is -2.59. The lowest BCUT2D eigenvalue weighted by Gasteiger charge is -2.43. The van der Waals surface area contributed by atoms with Crippen LogP contribution in [0.4, 0.5) is 5.82 Å². The third kappa shape index (κ3) is 3.04. The van der Waals surface area contributed by atoms with Crippen molar-refractivity contribution in [2.75, 3.05) is 18.4 Å². The number of rotatable bonds is 3. The second-order valence-corrected chi connectivity index (χ2v) is 7.39. The van der Waals surface area contributed by atoms with E-state index in [0.29, 0.717) is 17.9 Å². The third-order valence-electron chi connectivity index (χ3n) is 4.63. The molecular formula is C17H25N3O. The van der Waals surface area contributed by atoms with Crippen LogP contribution in [0, 0.1) is 5.92 Å². The van der Waals surface area contributed by atoms with Gasteiger partial charge in [-0.2, -0.15) is 0 Å². The summed E-state index contributed by atoms with van der Waals surface area (Å²) in [6, 6.07) is 4.53. The summed E-state index contributed by atoms with van der Waals surface area (Å²) in [5.74, 6) is 1.59. The molecule has 21 heavy (non-hydrogen) atoms. The largest absolute Gasteiger partial charge is 0.364 e. The van der Waals surface area contributed by atoms with E-state index in [-0.39, 0.29) is 5.41 Å². The van der Waals surface area contributed by atoms with Crippen LogP contribution >= 0.6 is 0 Å². The molecule has 0 bridgehead atoms. The van der Waals surface area contributed by atoms with E-state index in [1.54, 1.807) is 0 Å².